The Morgan fingerprint density at radius 3 is 2.60 bits per heavy atom. The van der Waals surface area contributed by atoms with E-state index in [1.54, 1.807) is 37.3 Å². The fourth-order valence-electron chi connectivity index (χ4n) is 1.90. The van der Waals surface area contributed by atoms with Gasteiger partial charge >= 0.3 is 0 Å². The molecule has 20 heavy (non-hydrogen) atoms. The maximum atomic E-state index is 11.7. The lowest BCUT2D eigenvalue weighted by Gasteiger charge is -2.05. The summed E-state index contributed by atoms with van der Waals surface area (Å²) in [5.74, 6) is 5.35. The number of nitrogens with zero attached hydrogens (tertiary/aromatic N) is 1. The summed E-state index contributed by atoms with van der Waals surface area (Å²) in [6.07, 6.45) is 0. The Morgan fingerprint density at radius 2 is 2.00 bits per heavy atom. The van der Waals surface area contributed by atoms with Gasteiger partial charge in [0.05, 0.1) is 0 Å². The summed E-state index contributed by atoms with van der Waals surface area (Å²) < 4.78 is 0. The van der Waals surface area contributed by atoms with Crippen molar-refractivity contribution in [1.29, 1.82) is 5.26 Å². The van der Waals surface area contributed by atoms with E-state index in [-0.39, 0.29) is 17.7 Å². The third-order valence-corrected chi connectivity index (χ3v) is 2.79. The van der Waals surface area contributed by atoms with E-state index in [1.807, 2.05) is 6.07 Å². The Hall–Kier alpha value is -2.82. The highest BCUT2D eigenvalue weighted by Gasteiger charge is 2.09. The minimum Gasteiger partial charge on any atom is -0.384 e. The van der Waals surface area contributed by atoms with Crippen molar-refractivity contribution < 1.29 is 5.11 Å². The Morgan fingerprint density at radius 1 is 1.30 bits per heavy atom. The lowest BCUT2D eigenvalue weighted by atomic mass is 10.00. The second-order valence-corrected chi connectivity index (χ2v) is 4.22. The van der Waals surface area contributed by atoms with Crippen LogP contribution in [0.4, 0.5) is 0 Å². The summed E-state index contributed by atoms with van der Waals surface area (Å²) in [7, 11) is 0. The van der Waals surface area contributed by atoms with E-state index >= 15 is 0 Å². The van der Waals surface area contributed by atoms with Crippen LogP contribution in [-0.4, -0.2) is 16.7 Å². The number of aliphatic hydroxyl groups is 1. The van der Waals surface area contributed by atoms with Crippen molar-refractivity contribution in [3.8, 4) is 29.0 Å². The smallest absolute Gasteiger partial charge is 0.266 e. The number of aliphatic hydroxyl groups excluding tert-OH is 1. The summed E-state index contributed by atoms with van der Waals surface area (Å²) in [5.41, 5.74) is 2.58. The summed E-state index contributed by atoms with van der Waals surface area (Å²) in [6, 6.07) is 10.9. The molecule has 0 aliphatic carbocycles. The number of pyridine rings is 1. The maximum absolute atomic E-state index is 11.7. The number of hydrogen-bond acceptors (Lipinski definition) is 3. The van der Waals surface area contributed by atoms with Crippen molar-refractivity contribution in [1.82, 2.24) is 4.98 Å². The maximum Gasteiger partial charge on any atom is 0.266 e. The van der Waals surface area contributed by atoms with Crippen LogP contribution in [0.2, 0.25) is 0 Å². The third-order valence-electron chi connectivity index (χ3n) is 2.79. The lowest BCUT2D eigenvalue weighted by Crippen LogP contribution is -2.12. The molecular weight excluding hydrogens is 252 g/mol. The van der Waals surface area contributed by atoms with Crippen LogP contribution >= 0.6 is 0 Å². The molecule has 4 heteroatoms. The lowest BCUT2D eigenvalue weighted by molar-refractivity contribution is 0.350. The van der Waals surface area contributed by atoms with E-state index in [1.165, 1.54) is 0 Å². The van der Waals surface area contributed by atoms with E-state index in [2.05, 4.69) is 16.8 Å². The van der Waals surface area contributed by atoms with Gasteiger partial charge in [-0.15, -0.1) is 0 Å². The summed E-state index contributed by atoms with van der Waals surface area (Å²) in [6.45, 7) is 1.58. The van der Waals surface area contributed by atoms with Crippen LogP contribution in [0.25, 0.3) is 11.1 Å². The second-order valence-electron chi connectivity index (χ2n) is 4.22. The van der Waals surface area contributed by atoms with Gasteiger partial charge in [-0.1, -0.05) is 24.0 Å². The number of nitriles is 1. The second kappa shape index (κ2) is 5.88. The Kier molecular flexibility index (Phi) is 4.00. The molecule has 2 N–H and O–H groups in total. The first-order valence-corrected chi connectivity index (χ1v) is 6.00. The zero-order valence-corrected chi connectivity index (χ0v) is 10.9. The highest BCUT2D eigenvalue weighted by Crippen LogP contribution is 2.22. The van der Waals surface area contributed by atoms with Gasteiger partial charge in [0.1, 0.15) is 18.2 Å². The number of nitrogens with one attached hydrogen (secondary N) is 1. The molecule has 1 aromatic carbocycles. The molecule has 0 aliphatic rings. The number of aromatic amines is 1. The molecular formula is C16H12N2O2. The molecule has 2 rings (SSSR count). The van der Waals surface area contributed by atoms with Gasteiger partial charge in [-0.2, -0.15) is 5.26 Å². The molecule has 0 amide bonds. The molecule has 1 heterocycles. The van der Waals surface area contributed by atoms with Gasteiger partial charge in [-0.3, -0.25) is 4.79 Å². The van der Waals surface area contributed by atoms with E-state index in [0.717, 1.165) is 11.1 Å². The molecule has 2 aromatic rings. The zero-order valence-electron chi connectivity index (χ0n) is 10.9. The van der Waals surface area contributed by atoms with Crippen LogP contribution in [0.5, 0.6) is 0 Å². The molecule has 0 bridgehead atoms. The van der Waals surface area contributed by atoms with Gasteiger partial charge in [0.25, 0.3) is 5.56 Å². The van der Waals surface area contributed by atoms with Gasteiger partial charge in [-0.05, 0) is 30.7 Å². The topological polar surface area (TPSA) is 76.9 Å². The van der Waals surface area contributed by atoms with Gasteiger partial charge in [0, 0.05) is 16.8 Å². The Balaban J connectivity index is 2.52. The highest BCUT2D eigenvalue weighted by molar-refractivity contribution is 5.70. The number of benzene rings is 1. The average Bonchev–Trinajstić information content (AvgIpc) is 2.45. The van der Waals surface area contributed by atoms with Crippen LogP contribution in [0, 0.1) is 30.1 Å². The fraction of sp³-hybridized carbons (Fsp3) is 0.125. The van der Waals surface area contributed by atoms with E-state index < -0.39 is 0 Å². The molecule has 0 fully saturated rings. The standard InChI is InChI=1S/C16H12N2O2/c1-11-9-14(15(10-17)16(20)18-11)13-6-4-12(5-7-13)3-2-8-19/h4-7,9,19H,8H2,1H3,(H,18,20). The average molecular weight is 264 g/mol. The van der Waals surface area contributed by atoms with Crippen molar-refractivity contribution in [2.75, 3.05) is 6.61 Å². The molecule has 0 unspecified atom stereocenters. The number of H-pyrrole nitrogens is 1. The number of aryl methyl sites for hydroxylation is 1. The van der Waals surface area contributed by atoms with Crippen molar-refractivity contribution in [3.63, 3.8) is 0 Å². The first-order chi connectivity index (χ1) is 9.65. The Bertz CT molecular complexity index is 784. The molecule has 0 saturated carbocycles. The minimum atomic E-state index is -0.383. The van der Waals surface area contributed by atoms with Crippen LogP contribution in [0.15, 0.2) is 35.1 Å². The zero-order chi connectivity index (χ0) is 14.5. The summed E-state index contributed by atoms with van der Waals surface area (Å²) in [5, 5.41) is 17.7. The van der Waals surface area contributed by atoms with Crippen LogP contribution in [-0.2, 0) is 0 Å². The minimum absolute atomic E-state index is 0.102. The normalized spacial score (nSPS) is 9.45. The van der Waals surface area contributed by atoms with E-state index in [0.29, 0.717) is 11.3 Å². The highest BCUT2D eigenvalue weighted by atomic mass is 16.2. The van der Waals surface area contributed by atoms with E-state index in [4.69, 9.17) is 10.4 Å². The van der Waals surface area contributed by atoms with Gasteiger partial charge in [0.15, 0.2) is 0 Å². The predicted octanol–water partition coefficient (Wildman–Crippen LogP) is 1.57. The molecule has 1 aromatic heterocycles. The van der Waals surface area contributed by atoms with E-state index in [9.17, 15) is 4.79 Å². The van der Waals surface area contributed by atoms with Crippen LogP contribution in [0.3, 0.4) is 0 Å². The number of rotatable bonds is 1. The van der Waals surface area contributed by atoms with Crippen molar-refractivity contribution in [2.45, 2.75) is 6.92 Å². The SMILES string of the molecule is Cc1cc(-c2ccc(C#CCO)cc2)c(C#N)c(=O)[nH]1. The summed E-state index contributed by atoms with van der Waals surface area (Å²) in [4.78, 5) is 14.4. The number of hydrogen-bond donors (Lipinski definition) is 2. The molecule has 4 nitrogen and oxygen atoms in total. The quantitative estimate of drug-likeness (QED) is 0.767. The van der Waals surface area contributed by atoms with Crippen LogP contribution < -0.4 is 5.56 Å². The predicted molar refractivity (Wildman–Crippen MR) is 75.9 cm³/mol. The van der Waals surface area contributed by atoms with Gasteiger partial charge in [0.2, 0.25) is 0 Å². The molecule has 0 spiro atoms. The molecule has 0 atom stereocenters. The number of aromatic nitrogens is 1. The van der Waals surface area contributed by atoms with Crippen molar-refractivity contribution in [3.05, 3.63) is 57.5 Å². The first-order valence-electron chi connectivity index (χ1n) is 6.00. The molecule has 0 aliphatic heterocycles. The Labute approximate surface area is 116 Å². The summed E-state index contributed by atoms with van der Waals surface area (Å²) >= 11 is 0. The first kappa shape index (κ1) is 13.6. The monoisotopic (exact) mass is 264 g/mol. The van der Waals surface area contributed by atoms with Gasteiger partial charge < -0.3 is 10.1 Å². The van der Waals surface area contributed by atoms with Crippen LogP contribution in [0.1, 0.15) is 16.8 Å². The fourth-order valence-corrected chi connectivity index (χ4v) is 1.90. The van der Waals surface area contributed by atoms with Gasteiger partial charge in [-0.25, -0.2) is 0 Å². The van der Waals surface area contributed by atoms with Crippen molar-refractivity contribution >= 4 is 0 Å². The third kappa shape index (κ3) is 2.77. The molecule has 0 radical (unpaired) electrons. The largest absolute Gasteiger partial charge is 0.384 e. The molecule has 98 valence electrons. The van der Waals surface area contributed by atoms with Crippen molar-refractivity contribution in [2.24, 2.45) is 0 Å². The molecule has 0 saturated heterocycles.